The third-order valence-electron chi connectivity index (χ3n) is 6.51. The van der Waals surface area contributed by atoms with Crippen molar-refractivity contribution in [3.63, 3.8) is 0 Å². The van der Waals surface area contributed by atoms with Crippen molar-refractivity contribution < 1.29 is 14.3 Å². The maximum Gasteiger partial charge on any atom is 0.338 e. The lowest BCUT2D eigenvalue weighted by atomic mass is 9.96. The maximum atomic E-state index is 12.8. The lowest BCUT2D eigenvalue weighted by molar-refractivity contribution is -0.132. The summed E-state index contributed by atoms with van der Waals surface area (Å²) in [6, 6.07) is 13.9. The van der Waals surface area contributed by atoms with Gasteiger partial charge in [-0.15, -0.1) is 0 Å². The van der Waals surface area contributed by atoms with E-state index in [2.05, 4.69) is 28.0 Å². The topological polar surface area (TPSA) is 80.6 Å². The number of nitrogens with zero attached hydrogens (tertiary/aromatic N) is 5. The predicted molar refractivity (Wildman–Crippen MR) is 122 cm³/mol. The van der Waals surface area contributed by atoms with Gasteiger partial charge in [-0.1, -0.05) is 31.2 Å². The van der Waals surface area contributed by atoms with Crippen LogP contribution in [0, 0.1) is 0 Å². The molecule has 0 aliphatic carbocycles. The van der Waals surface area contributed by atoms with Crippen LogP contribution in [0.25, 0.3) is 5.69 Å². The molecule has 1 aromatic heterocycles. The minimum absolute atomic E-state index is 0.166. The minimum atomic E-state index is -0.226. The van der Waals surface area contributed by atoms with Gasteiger partial charge in [0, 0.05) is 38.3 Å². The van der Waals surface area contributed by atoms with Gasteiger partial charge >= 0.3 is 5.97 Å². The first kappa shape index (κ1) is 21.3. The second-order valence-corrected chi connectivity index (χ2v) is 8.76. The first-order valence-corrected chi connectivity index (χ1v) is 11.3. The number of benzene rings is 2. The third-order valence-corrected chi connectivity index (χ3v) is 6.51. The fraction of sp³-hybridized carbons (Fsp3) is 0.360. The van der Waals surface area contributed by atoms with E-state index < -0.39 is 0 Å². The molecule has 1 atom stereocenters. The van der Waals surface area contributed by atoms with E-state index in [4.69, 9.17) is 4.74 Å². The molecule has 3 aromatic rings. The highest BCUT2D eigenvalue weighted by molar-refractivity contribution is 5.93. The molecule has 2 aromatic carbocycles. The van der Waals surface area contributed by atoms with E-state index in [0.717, 1.165) is 49.5 Å². The lowest BCUT2D eigenvalue weighted by Crippen LogP contribution is -2.49. The van der Waals surface area contributed by atoms with E-state index in [0.29, 0.717) is 24.5 Å². The Hall–Kier alpha value is -3.52. The molecule has 0 spiro atoms. The van der Waals surface area contributed by atoms with Crippen LogP contribution in [0.3, 0.4) is 0 Å². The first-order chi connectivity index (χ1) is 16.1. The molecule has 1 fully saturated rings. The van der Waals surface area contributed by atoms with Gasteiger partial charge in [0.25, 0.3) is 0 Å². The Morgan fingerprint density at radius 3 is 2.61 bits per heavy atom. The van der Waals surface area contributed by atoms with E-state index in [1.807, 2.05) is 41.3 Å². The van der Waals surface area contributed by atoms with Crippen LogP contribution in [0.4, 0.5) is 0 Å². The van der Waals surface area contributed by atoms with Gasteiger partial charge in [0.1, 0.15) is 19.3 Å². The SMILES string of the molecule is CC(CN1CCN(C(=O)Cc2ccc(-n3cncn3)cc2)CC1)c1ccc2c(c1)COC2=O. The quantitative estimate of drug-likeness (QED) is 0.542. The van der Waals surface area contributed by atoms with Gasteiger partial charge in [-0.2, -0.15) is 5.10 Å². The average Bonchev–Trinajstić information content (AvgIpc) is 3.50. The summed E-state index contributed by atoms with van der Waals surface area (Å²) in [5.74, 6) is 0.285. The molecular weight excluding hydrogens is 418 g/mol. The van der Waals surface area contributed by atoms with Gasteiger partial charge < -0.3 is 9.64 Å². The van der Waals surface area contributed by atoms with E-state index in [1.54, 1.807) is 11.0 Å². The van der Waals surface area contributed by atoms with Crippen LogP contribution in [0.1, 0.15) is 39.9 Å². The van der Waals surface area contributed by atoms with Gasteiger partial charge in [-0.05, 0) is 35.2 Å². The Morgan fingerprint density at radius 2 is 1.88 bits per heavy atom. The standard InChI is InChI=1S/C25H27N5O3/c1-18(20-4-7-23-21(13-20)15-33-25(23)32)14-28-8-10-29(11-9-28)24(31)12-19-2-5-22(6-3-19)30-17-26-16-27-30/h2-7,13,16-18H,8-12,14-15H2,1H3. The molecule has 2 aliphatic heterocycles. The van der Waals surface area contributed by atoms with Crippen molar-refractivity contribution in [2.45, 2.75) is 25.9 Å². The molecule has 1 saturated heterocycles. The number of cyclic esters (lactones) is 1. The number of rotatable bonds is 6. The number of amides is 1. The van der Waals surface area contributed by atoms with Crippen LogP contribution in [0.15, 0.2) is 55.1 Å². The van der Waals surface area contributed by atoms with Crippen molar-refractivity contribution in [2.24, 2.45) is 0 Å². The van der Waals surface area contributed by atoms with Gasteiger partial charge in [-0.25, -0.2) is 14.5 Å². The maximum absolute atomic E-state index is 12.8. The summed E-state index contributed by atoms with van der Waals surface area (Å²) in [6.07, 6.45) is 3.56. The lowest BCUT2D eigenvalue weighted by Gasteiger charge is -2.36. The molecule has 3 heterocycles. The predicted octanol–water partition coefficient (Wildman–Crippen LogP) is 2.43. The third kappa shape index (κ3) is 4.66. The molecule has 0 saturated carbocycles. The van der Waals surface area contributed by atoms with Gasteiger partial charge in [0.05, 0.1) is 17.7 Å². The fourth-order valence-electron chi connectivity index (χ4n) is 4.53. The van der Waals surface area contributed by atoms with E-state index in [9.17, 15) is 9.59 Å². The van der Waals surface area contributed by atoms with Crippen LogP contribution < -0.4 is 0 Å². The molecule has 0 N–H and O–H groups in total. The van der Waals surface area contributed by atoms with Gasteiger partial charge in [0.2, 0.25) is 5.91 Å². The van der Waals surface area contributed by atoms with Crippen molar-refractivity contribution in [1.29, 1.82) is 0 Å². The molecule has 33 heavy (non-hydrogen) atoms. The van der Waals surface area contributed by atoms with Crippen molar-refractivity contribution in [3.8, 4) is 5.69 Å². The average molecular weight is 446 g/mol. The van der Waals surface area contributed by atoms with Crippen molar-refractivity contribution in [1.82, 2.24) is 24.6 Å². The van der Waals surface area contributed by atoms with Crippen LogP contribution in [0.5, 0.6) is 0 Å². The van der Waals surface area contributed by atoms with Crippen molar-refractivity contribution >= 4 is 11.9 Å². The monoisotopic (exact) mass is 445 g/mol. The summed E-state index contributed by atoms with van der Waals surface area (Å²) in [5, 5.41) is 4.12. The van der Waals surface area contributed by atoms with E-state index >= 15 is 0 Å². The number of carbonyl (C=O) groups excluding carboxylic acids is 2. The normalized spacial score (nSPS) is 17.0. The second-order valence-electron chi connectivity index (χ2n) is 8.76. The fourth-order valence-corrected chi connectivity index (χ4v) is 4.53. The zero-order chi connectivity index (χ0) is 22.8. The Bertz CT molecular complexity index is 1140. The molecule has 1 amide bonds. The first-order valence-electron chi connectivity index (χ1n) is 11.3. The smallest absolute Gasteiger partial charge is 0.338 e. The molecule has 5 rings (SSSR count). The summed E-state index contributed by atoms with van der Waals surface area (Å²) >= 11 is 0. The highest BCUT2D eigenvalue weighted by atomic mass is 16.5. The van der Waals surface area contributed by atoms with Gasteiger partial charge in [-0.3, -0.25) is 9.69 Å². The largest absolute Gasteiger partial charge is 0.457 e. The van der Waals surface area contributed by atoms with Crippen LogP contribution in [0.2, 0.25) is 0 Å². The van der Waals surface area contributed by atoms with Crippen LogP contribution in [-0.4, -0.2) is 69.2 Å². The number of hydrogen-bond acceptors (Lipinski definition) is 6. The van der Waals surface area contributed by atoms with E-state index in [-0.39, 0.29) is 11.9 Å². The Balaban J connectivity index is 1.11. The number of ether oxygens (including phenoxy) is 1. The van der Waals surface area contributed by atoms with Crippen molar-refractivity contribution in [2.75, 3.05) is 32.7 Å². The summed E-state index contributed by atoms with van der Waals surface area (Å²) in [6.45, 7) is 6.74. The zero-order valence-electron chi connectivity index (χ0n) is 18.7. The number of aromatic nitrogens is 3. The number of carbonyl (C=O) groups is 2. The number of piperazine rings is 1. The highest BCUT2D eigenvalue weighted by Gasteiger charge is 2.25. The van der Waals surface area contributed by atoms with Crippen molar-refractivity contribution in [3.05, 3.63) is 77.4 Å². The zero-order valence-corrected chi connectivity index (χ0v) is 18.7. The van der Waals surface area contributed by atoms with Crippen LogP contribution >= 0.6 is 0 Å². The summed E-state index contributed by atoms with van der Waals surface area (Å²) in [7, 11) is 0. The Labute approximate surface area is 192 Å². The summed E-state index contributed by atoms with van der Waals surface area (Å²) < 4.78 is 6.81. The van der Waals surface area contributed by atoms with E-state index in [1.165, 1.54) is 11.9 Å². The molecule has 0 radical (unpaired) electrons. The number of hydrogen-bond donors (Lipinski definition) is 0. The molecule has 0 bridgehead atoms. The number of esters is 1. The molecule has 2 aliphatic rings. The Kier molecular flexibility index (Phi) is 5.92. The molecule has 1 unspecified atom stereocenters. The summed E-state index contributed by atoms with van der Waals surface area (Å²) in [5.41, 5.74) is 4.81. The molecule has 8 heteroatoms. The van der Waals surface area contributed by atoms with Crippen LogP contribution in [-0.2, 0) is 22.6 Å². The number of fused-ring (bicyclic) bond motifs is 1. The van der Waals surface area contributed by atoms with Gasteiger partial charge in [0.15, 0.2) is 0 Å². The Morgan fingerprint density at radius 1 is 1.09 bits per heavy atom. The molecule has 8 nitrogen and oxygen atoms in total. The summed E-state index contributed by atoms with van der Waals surface area (Å²) in [4.78, 5) is 32.8. The minimum Gasteiger partial charge on any atom is -0.457 e. The molecular formula is C25H27N5O3. The molecule has 170 valence electrons. The second kappa shape index (κ2) is 9.15. The highest BCUT2D eigenvalue weighted by Crippen LogP contribution is 2.25.